The highest BCUT2D eigenvalue weighted by Crippen LogP contribution is 2.29. The average molecular weight is 453 g/mol. The lowest BCUT2D eigenvalue weighted by Gasteiger charge is -2.35. The van der Waals surface area contributed by atoms with Crippen LogP contribution < -0.4 is 5.32 Å². The largest absolute Gasteiger partial charge is 0.334 e. The van der Waals surface area contributed by atoms with Crippen LogP contribution in [0.15, 0.2) is 42.5 Å². The monoisotopic (exact) mass is 452 g/mol. The molecule has 2 aromatic rings. The number of amides is 2. The number of aryl methyl sites for hydroxylation is 2. The molecule has 2 aliphatic rings. The molecule has 0 spiro atoms. The molecular formula is C26H33FN4O2. The van der Waals surface area contributed by atoms with Crippen LogP contribution in [0, 0.1) is 19.7 Å². The molecule has 2 amide bonds. The third kappa shape index (κ3) is 6.18. The molecule has 1 aliphatic carbocycles. The SMILES string of the molecule is Cc1cccc(C)c1NC(=O)CN1CCN(CC(=O)N(Cc2ccccc2F)C2CC2)CC1. The highest BCUT2D eigenvalue weighted by molar-refractivity contribution is 5.93. The molecule has 0 aromatic heterocycles. The summed E-state index contributed by atoms with van der Waals surface area (Å²) in [6, 6.07) is 12.9. The van der Waals surface area contributed by atoms with E-state index in [-0.39, 0.29) is 23.7 Å². The van der Waals surface area contributed by atoms with Crippen molar-refractivity contribution in [3.05, 3.63) is 65.0 Å². The number of carbonyl (C=O) groups excluding carboxylic acids is 2. The summed E-state index contributed by atoms with van der Waals surface area (Å²) in [5, 5.41) is 3.05. The molecule has 4 rings (SSSR count). The molecule has 6 nitrogen and oxygen atoms in total. The quantitative estimate of drug-likeness (QED) is 0.669. The van der Waals surface area contributed by atoms with Crippen LogP contribution in [0.4, 0.5) is 10.1 Å². The molecular weight excluding hydrogens is 419 g/mol. The molecule has 2 fully saturated rings. The van der Waals surface area contributed by atoms with Crippen molar-refractivity contribution in [3.8, 4) is 0 Å². The third-order valence-corrected chi connectivity index (χ3v) is 6.54. The summed E-state index contributed by atoms with van der Waals surface area (Å²) < 4.78 is 14.1. The van der Waals surface area contributed by atoms with Crippen LogP contribution in [0.1, 0.15) is 29.5 Å². The first-order chi connectivity index (χ1) is 15.9. The van der Waals surface area contributed by atoms with Crippen LogP contribution >= 0.6 is 0 Å². The van der Waals surface area contributed by atoms with Crippen molar-refractivity contribution in [2.45, 2.75) is 39.3 Å². The number of halogens is 1. The zero-order valence-corrected chi connectivity index (χ0v) is 19.5. The first-order valence-corrected chi connectivity index (χ1v) is 11.7. The second-order valence-corrected chi connectivity index (χ2v) is 9.21. The Hall–Kier alpha value is -2.77. The summed E-state index contributed by atoms with van der Waals surface area (Å²) in [7, 11) is 0. The van der Waals surface area contributed by atoms with Gasteiger partial charge in [-0.1, -0.05) is 36.4 Å². The van der Waals surface area contributed by atoms with E-state index in [0.29, 0.717) is 25.2 Å². The maximum Gasteiger partial charge on any atom is 0.238 e. The van der Waals surface area contributed by atoms with Gasteiger partial charge in [-0.25, -0.2) is 4.39 Å². The van der Waals surface area contributed by atoms with Gasteiger partial charge in [-0.15, -0.1) is 0 Å². The van der Waals surface area contributed by atoms with Crippen LogP contribution in [0.5, 0.6) is 0 Å². The van der Waals surface area contributed by atoms with Gasteiger partial charge in [0.05, 0.1) is 13.1 Å². The number of piperazine rings is 1. The van der Waals surface area contributed by atoms with Crippen molar-refractivity contribution >= 4 is 17.5 Å². The maximum absolute atomic E-state index is 14.1. The molecule has 0 atom stereocenters. The van der Waals surface area contributed by atoms with Crippen molar-refractivity contribution in [1.29, 1.82) is 0 Å². The predicted molar refractivity (Wildman–Crippen MR) is 127 cm³/mol. The Bertz CT molecular complexity index is 979. The minimum atomic E-state index is -0.260. The number of hydrogen-bond donors (Lipinski definition) is 1. The minimum absolute atomic E-state index is 0.0123. The van der Waals surface area contributed by atoms with E-state index in [2.05, 4.69) is 15.1 Å². The highest BCUT2D eigenvalue weighted by atomic mass is 19.1. The number of nitrogens with one attached hydrogen (secondary N) is 1. The molecule has 2 aromatic carbocycles. The van der Waals surface area contributed by atoms with Gasteiger partial charge in [-0.05, 0) is 43.9 Å². The van der Waals surface area contributed by atoms with Gasteiger partial charge in [0.2, 0.25) is 11.8 Å². The summed E-state index contributed by atoms with van der Waals surface area (Å²) in [5.74, 6) is -0.215. The van der Waals surface area contributed by atoms with Crippen molar-refractivity contribution in [2.75, 3.05) is 44.6 Å². The van der Waals surface area contributed by atoms with E-state index in [4.69, 9.17) is 0 Å². The predicted octanol–water partition coefficient (Wildman–Crippen LogP) is 3.19. The van der Waals surface area contributed by atoms with Gasteiger partial charge >= 0.3 is 0 Å². The lowest BCUT2D eigenvalue weighted by atomic mass is 10.1. The fourth-order valence-electron chi connectivity index (χ4n) is 4.40. The number of carbonyl (C=O) groups is 2. The van der Waals surface area contributed by atoms with E-state index in [1.165, 1.54) is 6.07 Å². The zero-order valence-electron chi connectivity index (χ0n) is 19.5. The molecule has 0 bridgehead atoms. The lowest BCUT2D eigenvalue weighted by molar-refractivity contribution is -0.134. The van der Waals surface area contributed by atoms with E-state index in [1.807, 2.05) is 43.0 Å². The Kier molecular flexibility index (Phi) is 7.40. The van der Waals surface area contributed by atoms with Gasteiger partial charge in [0, 0.05) is 50.0 Å². The summed E-state index contributed by atoms with van der Waals surface area (Å²) in [5.41, 5.74) is 3.57. The first-order valence-electron chi connectivity index (χ1n) is 11.7. The van der Waals surface area contributed by atoms with Crippen LogP contribution in [0.3, 0.4) is 0 Å². The first kappa shape index (κ1) is 23.4. The van der Waals surface area contributed by atoms with Crippen molar-refractivity contribution in [3.63, 3.8) is 0 Å². The number of para-hydroxylation sites is 1. The summed E-state index contributed by atoms with van der Waals surface area (Å²) in [6.45, 7) is 7.96. The topological polar surface area (TPSA) is 55.9 Å². The fraction of sp³-hybridized carbons (Fsp3) is 0.462. The summed E-state index contributed by atoms with van der Waals surface area (Å²) >= 11 is 0. The minimum Gasteiger partial charge on any atom is -0.334 e. The molecule has 1 aliphatic heterocycles. The number of rotatable bonds is 8. The third-order valence-electron chi connectivity index (χ3n) is 6.54. The maximum atomic E-state index is 14.1. The Morgan fingerprint density at radius 3 is 2.15 bits per heavy atom. The summed E-state index contributed by atoms with van der Waals surface area (Å²) in [4.78, 5) is 31.7. The van der Waals surface area contributed by atoms with E-state index in [0.717, 1.165) is 55.8 Å². The van der Waals surface area contributed by atoms with Crippen LogP contribution in [-0.4, -0.2) is 71.8 Å². The fourth-order valence-corrected chi connectivity index (χ4v) is 4.40. The zero-order chi connectivity index (χ0) is 23.4. The molecule has 1 saturated heterocycles. The average Bonchev–Trinajstić information content (AvgIpc) is 3.62. The van der Waals surface area contributed by atoms with Gasteiger partial charge in [0.25, 0.3) is 0 Å². The Morgan fingerprint density at radius 2 is 1.55 bits per heavy atom. The number of nitrogens with zero attached hydrogens (tertiary/aromatic N) is 3. The number of hydrogen-bond acceptors (Lipinski definition) is 4. The van der Waals surface area contributed by atoms with E-state index >= 15 is 0 Å². The molecule has 1 N–H and O–H groups in total. The lowest BCUT2D eigenvalue weighted by Crippen LogP contribution is -2.51. The molecule has 33 heavy (non-hydrogen) atoms. The van der Waals surface area contributed by atoms with E-state index < -0.39 is 0 Å². The van der Waals surface area contributed by atoms with Crippen molar-refractivity contribution in [1.82, 2.24) is 14.7 Å². The van der Waals surface area contributed by atoms with Crippen molar-refractivity contribution in [2.24, 2.45) is 0 Å². The molecule has 7 heteroatoms. The smallest absolute Gasteiger partial charge is 0.238 e. The van der Waals surface area contributed by atoms with Crippen LogP contribution in [0.2, 0.25) is 0 Å². The number of anilines is 1. The van der Waals surface area contributed by atoms with Gasteiger partial charge < -0.3 is 10.2 Å². The van der Waals surface area contributed by atoms with Gasteiger partial charge in [0.15, 0.2) is 0 Å². The highest BCUT2D eigenvalue weighted by Gasteiger charge is 2.34. The van der Waals surface area contributed by atoms with Gasteiger partial charge in [-0.2, -0.15) is 0 Å². The van der Waals surface area contributed by atoms with Crippen LogP contribution in [-0.2, 0) is 16.1 Å². The van der Waals surface area contributed by atoms with Crippen molar-refractivity contribution < 1.29 is 14.0 Å². The van der Waals surface area contributed by atoms with Gasteiger partial charge in [0.1, 0.15) is 5.82 Å². The Morgan fingerprint density at radius 1 is 0.939 bits per heavy atom. The second kappa shape index (κ2) is 10.4. The molecule has 1 saturated carbocycles. The second-order valence-electron chi connectivity index (χ2n) is 9.21. The number of benzene rings is 2. The molecule has 1 heterocycles. The molecule has 0 radical (unpaired) electrons. The standard InChI is InChI=1S/C26H33FN4O2/c1-19-6-5-7-20(2)26(19)28-24(32)17-29-12-14-30(15-13-29)18-25(33)31(22-10-11-22)16-21-8-3-4-9-23(21)27/h3-9,22H,10-18H2,1-2H3,(H,28,32). The van der Waals surface area contributed by atoms with E-state index in [9.17, 15) is 14.0 Å². The van der Waals surface area contributed by atoms with Gasteiger partial charge in [-0.3, -0.25) is 19.4 Å². The Labute approximate surface area is 195 Å². The molecule has 0 unspecified atom stereocenters. The Balaban J connectivity index is 1.25. The molecule has 176 valence electrons. The summed E-state index contributed by atoms with van der Waals surface area (Å²) in [6.07, 6.45) is 1.98. The van der Waals surface area contributed by atoms with E-state index in [1.54, 1.807) is 12.1 Å². The normalized spacial score (nSPS) is 17.1. The van der Waals surface area contributed by atoms with Crippen LogP contribution in [0.25, 0.3) is 0 Å².